The number of ether oxygens (including phenoxy) is 2. The van der Waals surface area contributed by atoms with Crippen molar-refractivity contribution in [3.05, 3.63) is 90.3 Å². The standard InChI is InChI=1S/C21H17N3O4/c1-15-22-20(28-23-15)14-26-18-7-9-19(10-8-18)27-21(25)16-5-4-6-17(13-16)24-11-2-3-12-24/h2-13H,14H2,1H3. The lowest BCUT2D eigenvalue weighted by atomic mass is 10.2. The van der Waals surface area contributed by atoms with Crippen molar-refractivity contribution in [1.29, 1.82) is 0 Å². The second-order valence-electron chi connectivity index (χ2n) is 6.03. The van der Waals surface area contributed by atoms with Crippen molar-refractivity contribution >= 4 is 5.97 Å². The number of esters is 1. The molecule has 0 saturated carbocycles. The first-order chi connectivity index (χ1) is 13.7. The first kappa shape index (κ1) is 17.5. The number of aryl methyl sites for hydroxylation is 1. The normalized spacial score (nSPS) is 10.6. The number of hydrogen-bond donors (Lipinski definition) is 0. The zero-order valence-corrected chi connectivity index (χ0v) is 15.1. The highest BCUT2D eigenvalue weighted by atomic mass is 16.5. The largest absolute Gasteiger partial charge is 0.484 e. The minimum absolute atomic E-state index is 0.173. The fraction of sp³-hybridized carbons (Fsp3) is 0.0952. The van der Waals surface area contributed by atoms with Crippen LogP contribution in [0, 0.1) is 6.92 Å². The van der Waals surface area contributed by atoms with Crippen LogP contribution in [0.4, 0.5) is 0 Å². The van der Waals surface area contributed by atoms with Crippen molar-refractivity contribution < 1.29 is 18.8 Å². The van der Waals surface area contributed by atoms with E-state index < -0.39 is 5.97 Å². The summed E-state index contributed by atoms with van der Waals surface area (Å²) in [7, 11) is 0. The Hall–Kier alpha value is -3.87. The Morgan fingerprint density at radius 2 is 1.79 bits per heavy atom. The Morgan fingerprint density at radius 1 is 1.04 bits per heavy atom. The van der Waals surface area contributed by atoms with Gasteiger partial charge in [0.25, 0.3) is 5.89 Å². The molecule has 0 fully saturated rings. The molecule has 0 amide bonds. The molecular formula is C21H17N3O4. The van der Waals surface area contributed by atoms with Gasteiger partial charge >= 0.3 is 5.97 Å². The van der Waals surface area contributed by atoms with Crippen LogP contribution in [0.3, 0.4) is 0 Å². The fourth-order valence-corrected chi connectivity index (χ4v) is 2.61. The first-order valence-corrected chi connectivity index (χ1v) is 8.65. The van der Waals surface area contributed by atoms with Gasteiger partial charge in [-0.05, 0) is 61.5 Å². The van der Waals surface area contributed by atoms with Gasteiger partial charge in [-0.1, -0.05) is 11.2 Å². The van der Waals surface area contributed by atoms with E-state index in [0.29, 0.717) is 28.8 Å². The van der Waals surface area contributed by atoms with E-state index in [2.05, 4.69) is 10.1 Å². The molecule has 2 aromatic heterocycles. The number of aromatic nitrogens is 3. The van der Waals surface area contributed by atoms with Crippen molar-refractivity contribution in [3.63, 3.8) is 0 Å². The van der Waals surface area contributed by atoms with Crippen LogP contribution in [-0.2, 0) is 6.61 Å². The molecule has 7 heteroatoms. The molecule has 2 heterocycles. The lowest BCUT2D eigenvalue weighted by Crippen LogP contribution is -2.09. The van der Waals surface area contributed by atoms with Crippen molar-refractivity contribution in [2.24, 2.45) is 0 Å². The van der Waals surface area contributed by atoms with Crippen molar-refractivity contribution in [2.75, 3.05) is 0 Å². The quantitative estimate of drug-likeness (QED) is 0.375. The van der Waals surface area contributed by atoms with Gasteiger partial charge in [-0.2, -0.15) is 4.98 Å². The molecule has 0 bridgehead atoms. The maximum Gasteiger partial charge on any atom is 0.343 e. The summed E-state index contributed by atoms with van der Waals surface area (Å²) in [5.41, 5.74) is 1.36. The molecule has 2 aromatic carbocycles. The number of nitrogens with zero attached hydrogens (tertiary/aromatic N) is 3. The van der Waals surface area contributed by atoms with Gasteiger partial charge in [-0.25, -0.2) is 4.79 Å². The van der Waals surface area contributed by atoms with E-state index in [1.165, 1.54) is 0 Å². The second-order valence-corrected chi connectivity index (χ2v) is 6.03. The van der Waals surface area contributed by atoms with Crippen molar-refractivity contribution in [1.82, 2.24) is 14.7 Å². The molecule has 140 valence electrons. The molecule has 0 atom stereocenters. The topological polar surface area (TPSA) is 79.4 Å². The molecule has 28 heavy (non-hydrogen) atoms. The fourth-order valence-electron chi connectivity index (χ4n) is 2.61. The van der Waals surface area contributed by atoms with Gasteiger partial charge in [-0.3, -0.25) is 0 Å². The summed E-state index contributed by atoms with van der Waals surface area (Å²) in [6.45, 7) is 1.91. The Morgan fingerprint density at radius 3 is 2.50 bits per heavy atom. The smallest absolute Gasteiger partial charge is 0.343 e. The highest BCUT2D eigenvalue weighted by Crippen LogP contribution is 2.20. The SMILES string of the molecule is Cc1noc(COc2ccc(OC(=O)c3cccc(-n4cccc4)c3)cc2)n1. The predicted octanol–water partition coefficient (Wildman–Crippen LogP) is 3.97. The first-order valence-electron chi connectivity index (χ1n) is 8.65. The zero-order chi connectivity index (χ0) is 19.3. The Labute approximate surface area is 161 Å². The number of carbonyl (C=O) groups is 1. The molecule has 0 aliphatic heterocycles. The summed E-state index contributed by atoms with van der Waals surface area (Å²) < 4.78 is 17.9. The summed E-state index contributed by atoms with van der Waals surface area (Å²) in [5, 5.41) is 3.70. The summed E-state index contributed by atoms with van der Waals surface area (Å²) in [5.74, 6) is 1.56. The molecule has 7 nitrogen and oxygen atoms in total. The van der Waals surface area contributed by atoms with Crippen molar-refractivity contribution in [2.45, 2.75) is 13.5 Å². The van der Waals surface area contributed by atoms with E-state index in [9.17, 15) is 4.79 Å². The number of hydrogen-bond acceptors (Lipinski definition) is 6. The average Bonchev–Trinajstić information content (AvgIpc) is 3.39. The van der Waals surface area contributed by atoms with Crippen LogP contribution in [0.25, 0.3) is 5.69 Å². The Kier molecular flexibility index (Phi) is 4.88. The van der Waals surface area contributed by atoms with Gasteiger partial charge in [0.1, 0.15) is 11.5 Å². The van der Waals surface area contributed by atoms with Crippen LogP contribution >= 0.6 is 0 Å². The molecule has 0 unspecified atom stereocenters. The van der Waals surface area contributed by atoms with Gasteiger partial charge in [0, 0.05) is 18.1 Å². The van der Waals surface area contributed by atoms with E-state index in [4.69, 9.17) is 14.0 Å². The molecule has 0 radical (unpaired) electrons. The van der Waals surface area contributed by atoms with Crippen LogP contribution in [0.15, 0.2) is 77.6 Å². The van der Waals surface area contributed by atoms with Gasteiger partial charge in [-0.15, -0.1) is 0 Å². The Balaban J connectivity index is 1.39. The molecule has 0 aliphatic carbocycles. The monoisotopic (exact) mass is 375 g/mol. The maximum absolute atomic E-state index is 12.4. The molecule has 0 aliphatic rings. The highest BCUT2D eigenvalue weighted by Gasteiger charge is 2.10. The van der Waals surface area contributed by atoms with E-state index in [-0.39, 0.29) is 6.61 Å². The third kappa shape index (κ3) is 4.09. The van der Waals surface area contributed by atoms with Gasteiger partial charge in [0.15, 0.2) is 12.4 Å². The van der Waals surface area contributed by atoms with Crippen LogP contribution in [0.2, 0.25) is 0 Å². The summed E-state index contributed by atoms with van der Waals surface area (Å²) >= 11 is 0. The number of benzene rings is 2. The Bertz CT molecular complexity index is 1070. The molecule has 4 rings (SSSR count). The van der Waals surface area contributed by atoms with Crippen LogP contribution in [0.5, 0.6) is 11.5 Å². The van der Waals surface area contributed by atoms with Crippen LogP contribution in [-0.4, -0.2) is 20.7 Å². The van der Waals surface area contributed by atoms with E-state index >= 15 is 0 Å². The summed E-state index contributed by atoms with van der Waals surface area (Å²) in [6.07, 6.45) is 3.83. The lowest BCUT2D eigenvalue weighted by molar-refractivity contribution is 0.0734. The summed E-state index contributed by atoms with van der Waals surface area (Å²) in [4.78, 5) is 16.5. The second kappa shape index (κ2) is 7.79. The van der Waals surface area contributed by atoms with Gasteiger partial charge in [0.2, 0.25) is 0 Å². The van der Waals surface area contributed by atoms with E-state index in [1.54, 1.807) is 43.3 Å². The molecule has 0 spiro atoms. The van der Waals surface area contributed by atoms with E-state index in [0.717, 1.165) is 5.69 Å². The van der Waals surface area contributed by atoms with Crippen LogP contribution < -0.4 is 9.47 Å². The van der Waals surface area contributed by atoms with Gasteiger partial charge in [0.05, 0.1) is 5.56 Å². The van der Waals surface area contributed by atoms with Crippen LogP contribution in [0.1, 0.15) is 22.1 Å². The zero-order valence-electron chi connectivity index (χ0n) is 15.1. The minimum Gasteiger partial charge on any atom is -0.484 e. The minimum atomic E-state index is -0.427. The molecule has 0 N–H and O–H groups in total. The third-order valence-corrected chi connectivity index (χ3v) is 3.95. The third-order valence-electron chi connectivity index (χ3n) is 3.95. The molecule has 4 aromatic rings. The maximum atomic E-state index is 12.4. The molecular weight excluding hydrogens is 358 g/mol. The van der Waals surface area contributed by atoms with E-state index in [1.807, 2.05) is 41.2 Å². The number of carbonyl (C=O) groups excluding carboxylic acids is 1. The lowest BCUT2D eigenvalue weighted by Gasteiger charge is -2.08. The number of rotatable bonds is 6. The summed E-state index contributed by atoms with van der Waals surface area (Å²) in [6, 6.07) is 17.9. The van der Waals surface area contributed by atoms with Crippen molar-refractivity contribution in [3.8, 4) is 17.2 Å². The highest BCUT2D eigenvalue weighted by molar-refractivity contribution is 5.91. The average molecular weight is 375 g/mol. The predicted molar refractivity (Wildman–Crippen MR) is 101 cm³/mol. The van der Waals surface area contributed by atoms with Gasteiger partial charge < -0.3 is 18.6 Å². The molecule has 0 saturated heterocycles.